The second kappa shape index (κ2) is 8.59. The summed E-state index contributed by atoms with van der Waals surface area (Å²) in [6.07, 6.45) is 5.47. The zero-order valence-electron chi connectivity index (χ0n) is 16.4. The van der Waals surface area contributed by atoms with E-state index in [1.807, 2.05) is 12.1 Å². The molecular formula is C21H27N3O4S. The number of nitrogens with zero attached hydrogens (tertiary/aromatic N) is 2. The molecule has 0 saturated carbocycles. The molecule has 0 radical (unpaired) electrons. The Bertz CT molecular complexity index is 937. The Kier molecular flexibility index (Phi) is 5.91. The van der Waals surface area contributed by atoms with Crippen LogP contribution in [0.1, 0.15) is 47.8 Å². The maximum atomic E-state index is 12.8. The summed E-state index contributed by atoms with van der Waals surface area (Å²) in [5, 5.41) is 3.01. The third-order valence-electron chi connectivity index (χ3n) is 5.65. The third-order valence-corrected chi connectivity index (χ3v) is 7.52. The van der Waals surface area contributed by atoms with Gasteiger partial charge in [0.1, 0.15) is 5.76 Å². The molecule has 1 atom stereocenters. The number of amides is 1. The molecule has 2 aliphatic rings. The lowest BCUT2D eigenvalue weighted by molar-refractivity contribution is 0.0933. The molecule has 0 bridgehead atoms. The fourth-order valence-corrected chi connectivity index (χ4v) is 5.75. The van der Waals surface area contributed by atoms with Gasteiger partial charge in [0, 0.05) is 18.7 Å². The van der Waals surface area contributed by atoms with Gasteiger partial charge >= 0.3 is 0 Å². The summed E-state index contributed by atoms with van der Waals surface area (Å²) in [6, 6.07) is 10.7. The molecule has 1 aromatic carbocycles. The number of furan rings is 1. The van der Waals surface area contributed by atoms with E-state index in [0.29, 0.717) is 30.8 Å². The zero-order valence-corrected chi connectivity index (χ0v) is 17.2. The van der Waals surface area contributed by atoms with Gasteiger partial charge in [0.15, 0.2) is 0 Å². The SMILES string of the molecule is O=C(NCC(c1ccco1)N1CCCC1)c1cccc(N2CCCCS2(=O)=O)c1. The highest BCUT2D eigenvalue weighted by Gasteiger charge is 2.28. The van der Waals surface area contributed by atoms with Crippen LogP contribution in [-0.4, -0.2) is 51.2 Å². The number of rotatable bonds is 6. The molecule has 3 heterocycles. The number of nitrogens with one attached hydrogen (secondary N) is 1. The van der Waals surface area contributed by atoms with Crippen molar-refractivity contribution in [3.8, 4) is 0 Å². The number of hydrogen-bond acceptors (Lipinski definition) is 5. The summed E-state index contributed by atoms with van der Waals surface area (Å²) in [5.41, 5.74) is 1.02. The maximum absolute atomic E-state index is 12.8. The first kappa shape index (κ1) is 20.0. The van der Waals surface area contributed by atoms with E-state index in [-0.39, 0.29) is 17.7 Å². The van der Waals surface area contributed by atoms with Crippen LogP contribution in [0.5, 0.6) is 0 Å². The van der Waals surface area contributed by atoms with E-state index in [0.717, 1.165) is 38.1 Å². The van der Waals surface area contributed by atoms with Crippen LogP contribution in [0.3, 0.4) is 0 Å². The van der Waals surface area contributed by atoms with E-state index in [2.05, 4.69) is 10.2 Å². The lowest BCUT2D eigenvalue weighted by Gasteiger charge is -2.28. The van der Waals surface area contributed by atoms with Crippen molar-refractivity contribution in [2.45, 2.75) is 31.7 Å². The van der Waals surface area contributed by atoms with Gasteiger partial charge in [-0.2, -0.15) is 0 Å². The number of likely N-dealkylation sites (tertiary alicyclic amines) is 1. The van der Waals surface area contributed by atoms with Crippen LogP contribution in [0.15, 0.2) is 47.1 Å². The second-order valence-corrected chi connectivity index (χ2v) is 9.64. The normalized spacial score (nSPS) is 20.5. The minimum atomic E-state index is -3.30. The fourth-order valence-electron chi connectivity index (χ4n) is 4.12. The molecule has 2 saturated heterocycles. The number of benzene rings is 1. The molecular weight excluding hydrogens is 390 g/mol. The number of hydrogen-bond donors (Lipinski definition) is 1. The van der Waals surface area contributed by atoms with E-state index in [1.165, 1.54) is 4.31 Å². The molecule has 1 N–H and O–H groups in total. The molecule has 156 valence electrons. The molecule has 8 heteroatoms. The van der Waals surface area contributed by atoms with Gasteiger partial charge in [-0.05, 0) is 69.1 Å². The van der Waals surface area contributed by atoms with Crippen LogP contribution in [0.4, 0.5) is 5.69 Å². The minimum Gasteiger partial charge on any atom is -0.468 e. The Balaban J connectivity index is 1.47. The van der Waals surface area contributed by atoms with Gasteiger partial charge in [0.05, 0.1) is 23.7 Å². The molecule has 7 nitrogen and oxygen atoms in total. The average molecular weight is 418 g/mol. The van der Waals surface area contributed by atoms with E-state index >= 15 is 0 Å². The summed E-state index contributed by atoms with van der Waals surface area (Å²) in [5.74, 6) is 0.793. The Morgan fingerprint density at radius 1 is 1.07 bits per heavy atom. The van der Waals surface area contributed by atoms with Crippen molar-refractivity contribution in [2.75, 3.05) is 36.2 Å². The van der Waals surface area contributed by atoms with Crippen LogP contribution in [0.2, 0.25) is 0 Å². The number of carbonyl (C=O) groups excluding carboxylic acids is 1. The second-order valence-electron chi connectivity index (χ2n) is 7.63. The Labute approximate surface area is 171 Å². The van der Waals surface area contributed by atoms with Crippen molar-refractivity contribution in [3.63, 3.8) is 0 Å². The van der Waals surface area contributed by atoms with Gasteiger partial charge in [0.2, 0.25) is 10.0 Å². The summed E-state index contributed by atoms with van der Waals surface area (Å²) in [6.45, 7) is 2.88. The van der Waals surface area contributed by atoms with Crippen molar-refractivity contribution in [1.82, 2.24) is 10.2 Å². The molecule has 0 aliphatic carbocycles. The predicted molar refractivity (Wildman–Crippen MR) is 111 cm³/mol. The lowest BCUT2D eigenvalue weighted by atomic mass is 10.1. The summed E-state index contributed by atoms with van der Waals surface area (Å²) >= 11 is 0. The molecule has 1 unspecified atom stereocenters. The summed E-state index contributed by atoms with van der Waals surface area (Å²) in [4.78, 5) is 15.1. The van der Waals surface area contributed by atoms with Crippen molar-refractivity contribution in [3.05, 3.63) is 54.0 Å². The van der Waals surface area contributed by atoms with Crippen LogP contribution in [0, 0.1) is 0 Å². The summed E-state index contributed by atoms with van der Waals surface area (Å²) < 4.78 is 31.8. The molecule has 29 heavy (non-hydrogen) atoms. The topological polar surface area (TPSA) is 82.9 Å². The molecule has 4 rings (SSSR count). The van der Waals surface area contributed by atoms with E-state index < -0.39 is 10.0 Å². The zero-order chi connectivity index (χ0) is 20.3. The van der Waals surface area contributed by atoms with Gasteiger partial charge in [-0.1, -0.05) is 6.07 Å². The van der Waals surface area contributed by atoms with E-state index in [9.17, 15) is 13.2 Å². The molecule has 0 spiro atoms. The lowest BCUT2D eigenvalue weighted by Crippen LogP contribution is -2.38. The first-order valence-electron chi connectivity index (χ1n) is 10.2. The molecule has 2 aromatic rings. The van der Waals surface area contributed by atoms with Crippen LogP contribution >= 0.6 is 0 Å². The fraction of sp³-hybridized carbons (Fsp3) is 0.476. The highest BCUT2D eigenvalue weighted by molar-refractivity contribution is 7.92. The van der Waals surface area contributed by atoms with Gasteiger partial charge in [-0.3, -0.25) is 14.0 Å². The Morgan fingerprint density at radius 3 is 2.59 bits per heavy atom. The van der Waals surface area contributed by atoms with Gasteiger partial charge in [0.25, 0.3) is 5.91 Å². The molecule has 2 fully saturated rings. The summed E-state index contributed by atoms with van der Waals surface area (Å²) in [7, 11) is -3.30. The number of sulfonamides is 1. The van der Waals surface area contributed by atoms with Crippen LogP contribution in [0.25, 0.3) is 0 Å². The molecule has 2 aliphatic heterocycles. The predicted octanol–water partition coefficient (Wildman–Crippen LogP) is 2.78. The van der Waals surface area contributed by atoms with Gasteiger partial charge in [-0.15, -0.1) is 0 Å². The standard InChI is InChI=1S/C21H27N3O4S/c25-21(22-16-19(20-9-6-13-28-20)23-10-1-2-11-23)17-7-5-8-18(15-17)24-12-3-4-14-29(24,26)27/h5-9,13,15,19H,1-4,10-12,14,16H2,(H,22,25). The molecule has 1 amide bonds. The van der Waals surface area contributed by atoms with Crippen molar-refractivity contribution in [1.29, 1.82) is 0 Å². The largest absolute Gasteiger partial charge is 0.468 e. The van der Waals surface area contributed by atoms with Gasteiger partial charge in [-0.25, -0.2) is 8.42 Å². The number of carbonyl (C=O) groups is 1. The highest BCUT2D eigenvalue weighted by atomic mass is 32.2. The van der Waals surface area contributed by atoms with Crippen LogP contribution in [-0.2, 0) is 10.0 Å². The average Bonchev–Trinajstić information content (AvgIpc) is 3.42. The minimum absolute atomic E-state index is 0.00195. The van der Waals surface area contributed by atoms with Crippen molar-refractivity contribution >= 4 is 21.6 Å². The maximum Gasteiger partial charge on any atom is 0.251 e. The van der Waals surface area contributed by atoms with Gasteiger partial charge < -0.3 is 9.73 Å². The van der Waals surface area contributed by atoms with E-state index in [4.69, 9.17) is 4.42 Å². The smallest absolute Gasteiger partial charge is 0.251 e. The Morgan fingerprint density at radius 2 is 1.86 bits per heavy atom. The first-order chi connectivity index (χ1) is 14.0. The number of anilines is 1. The quantitative estimate of drug-likeness (QED) is 0.782. The Hall–Kier alpha value is -2.32. The van der Waals surface area contributed by atoms with Crippen molar-refractivity contribution < 1.29 is 17.6 Å². The molecule has 1 aromatic heterocycles. The first-order valence-corrected chi connectivity index (χ1v) is 11.8. The van der Waals surface area contributed by atoms with Crippen molar-refractivity contribution in [2.24, 2.45) is 0 Å². The third kappa shape index (κ3) is 4.48. The monoisotopic (exact) mass is 417 g/mol. The van der Waals surface area contributed by atoms with E-state index in [1.54, 1.807) is 30.5 Å². The van der Waals surface area contributed by atoms with Crippen LogP contribution < -0.4 is 9.62 Å². The highest BCUT2D eigenvalue weighted by Crippen LogP contribution is 2.26.